The number of aryl methyl sites for hydroxylation is 1. The summed E-state index contributed by atoms with van der Waals surface area (Å²) in [4.78, 5) is 12.3. The lowest BCUT2D eigenvalue weighted by atomic mass is 9.98. The molecule has 0 aromatic heterocycles. The molecule has 0 bridgehead atoms. The second-order valence-electron chi connectivity index (χ2n) is 6.62. The van der Waals surface area contributed by atoms with Crippen molar-refractivity contribution in [1.29, 1.82) is 0 Å². The highest BCUT2D eigenvalue weighted by atomic mass is 16.5. The van der Waals surface area contributed by atoms with E-state index in [9.17, 15) is 9.90 Å². The van der Waals surface area contributed by atoms with E-state index in [2.05, 4.69) is 29.6 Å². The van der Waals surface area contributed by atoms with Gasteiger partial charge in [0.25, 0.3) is 0 Å². The summed E-state index contributed by atoms with van der Waals surface area (Å²) in [6.07, 6.45) is 0.117. The molecule has 0 atom stereocenters. The summed E-state index contributed by atoms with van der Waals surface area (Å²) in [6.45, 7) is 2.19. The van der Waals surface area contributed by atoms with Crippen LogP contribution in [0.3, 0.4) is 0 Å². The van der Waals surface area contributed by atoms with Gasteiger partial charge in [0.1, 0.15) is 12.4 Å². The van der Waals surface area contributed by atoms with E-state index in [1.807, 2.05) is 37.3 Å². The minimum atomic E-state index is -0.569. The van der Waals surface area contributed by atoms with Crippen molar-refractivity contribution in [3.8, 4) is 16.9 Å². The standard InChI is InChI=1S/C23H21NO3/c1-2-15-8-7-13-21(22(15)25)24-23(26)27-14-20-18-11-5-3-9-16(18)17-10-4-6-12-19(17)20/h3-13,20,25H,2,14H2,1H3,(H,24,26). The molecule has 4 heteroatoms. The van der Waals surface area contributed by atoms with Crippen molar-refractivity contribution in [2.45, 2.75) is 19.3 Å². The molecule has 0 aliphatic heterocycles. The van der Waals surface area contributed by atoms with Crippen molar-refractivity contribution in [3.63, 3.8) is 0 Å². The maximum atomic E-state index is 12.3. The van der Waals surface area contributed by atoms with Crippen LogP contribution in [-0.2, 0) is 11.2 Å². The number of para-hydroxylation sites is 1. The third kappa shape index (κ3) is 3.14. The number of hydrogen-bond acceptors (Lipinski definition) is 3. The summed E-state index contributed by atoms with van der Waals surface area (Å²) >= 11 is 0. The van der Waals surface area contributed by atoms with Crippen molar-refractivity contribution in [2.24, 2.45) is 0 Å². The molecule has 27 heavy (non-hydrogen) atoms. The summed E-state index contributed by atoms with van der Waals surface area (Å²) in [5, 5.41) is 12.9. The van der Waals surface area contributed by atoms with Crippen molar-refractivity contribution in [2.75, 3.05) is 11.9 Å². The number of benzene rings is 3. The van der Waals surface area contributed by atoms with Crippen molar-refractivity contribution >= 4 is 11.8 Å². The highest BCUT2D eigenvalue weighted by Crippen LogP contribution is 2.44. The van der Waals surface area contributed by atoms with Crippen molar-refractivity contribution in [1.82, 2.24) is 0 Å². The molecule has 0 spiro atoms. The second-order valence-corrected chi connectivity index (χ2v) is 6.62. The summed E-state index contributed by atoms with van der Waals surface area (Å²) in [6, 6.07) is 21.7. The fraction of sp³-hybridized carbons (Fsp3) is 0.174. The number of amides is 1. The predicted octanol–water partition coefficient (Wildman–Crippen LogP) is 5.32. The van der Waals surface area contributed by atoms with Gasteiger partial charge >= 0.3 is 6.09 Å². The number of ether oxygens (including phenoxy) is 1. The molecule has 1 aliphatic rings. The van der Waals surface area contributed by atoms with Gasteiger partial charge in [0.2, 0.25) is 0 Å². The molecule has 136 valence electrons. The Labute approximate surface area is 158 Å². The minimum absolute atomic E-state index is 0.0127. The first-order chi connectivity index (χ1) is 13.2. The van der Waals surface area contributed by atoms with Gasteiger partial charge in [-0.1, -0.05) is 67.6 Å². The van der Waals surface area contributed by atoms with Gasteiger partial charge in [-0.25, -0.2) is 4.79 Å². The molecule has 3 aromatic rings. The Bertz CT molecular complexity index is 951. The predicted molar refractivity (Wildman–Crippen MR) is 106 cm³/mol. The Kier molecular flexibility index (Phi) is 4.55. The number of nitrogens with one attached hydrogen (secondary N) is 1. The number of fused-ring (bicyclic) bond motifs is 3. The van der Waals surface area contributed by atoms with E-state index in [1.54, 1.807) is 12.1 Å². The van der Waals surface area contributed by atoms with Crippen LogP contribution < -0.4 is 5.32 Å². The van der Waals surface area contributed by atoms with Crippen LogP contribution in [0.5, 0.6) is 5.75 Å². The Hall–Kier alpha value is -3.27. The van der Waals surface area contributed by atoms with Crippen molar-refractivity contribution in [3.05, 3.63) is 83.4 Å². The summed E-state index contributed by atoms with van der Waals surface area (Å²) in [5.74, 6) is 0.104. The van der Waals surface area contributed by atoms with Crippen LogP contribution in [0, 0.1) is 0 Å². The zero-order valence-corrected chi connectivity index (χ0v) is 15.1. The molecule has 1 aliphatic carbocycles. The lowest BCUT2D eigenvalue weighted by molar-refractivity contribution is 0.158. The summed E-state index contributed by atoms with van der Waals surface area (Å²) < 4.78 is 5.51. The third-order valence-electron chi connectivity index (χ3n) is 5.08. The molecule has 0 heterocycles. The topological polar surface area (TPSA) is 58.6 Å². The number of phenols is 1. The number of phenolic OH excluding ortho intramolecular Hbond substituents is 1. The zero-order valence-electron chi connectivity index (χ0n) is 15.1. The Morgan fingerprint density at radius 1 is 0.963 bits per heavy atom. The van der Waals surface area contributed by atoms with E-state index in [-0.39, 0.29) is 18.3 Å². The number of carbonyl (C=O) groups is 1. The molecular formula is C23H21NO3. The maximum Gasteiger partial charge on any atom is 0.411 e. The first kappa shape index (κ1) is 17.2. The van der Waals surface area contributed by atoms with Gasteiger partial charge in [0.05, 0.1) is 5.69 Å². The highest BCUT2D eigenvalue weighted by Gasteiger charge is 2.29. The summed E-state index contributed by atoms with van der Waals surface area (Å²) in [5.41, 5.74) is 5.87. The molecule has 0 saturated heterocycles. The van der Waals surface area contributed by atoms with E-state index in [1.165, 1.54) is 22.3 Å². The maximum absolute atomic E-state index is 12.3. The first-order valence-corrected chi connectivity index (χ1v) is 9.12. The van der Waals surface area contributed by atoms with Gasteiger partial charge in [0, 0.05) is 5.92 Å². The van der Waals surface area contributed by atoms with E-state index in [0.717, 1.165) is 5.56 Å². The second kappa shape index (κ2) is 7.16. The monoisotopic (exact) mass is 359 g/mol. The molecule has 4 nitrogen and oxygen atoms in total. The first-order valence-electron chi connectivity index (χ1n) is 9.12. The number of hydrogen-bond donors (Lipinski definition) is 2. The molecule has 0 saturated carbocycles. The normalized spacial score (nSPS) is 12.3. The van der Waals surface area contributed by atoms with Gasteiger partial charge in [-0.15, -0.1) is 0 Å². The average Bonchev–Trinajstić information content (AvgIpc) is 3.02. The highest BCUT2D eigenvalue weighted by molar-refractivity contribution is 5.87. The van der Waals surface area contributed by atoms with Crippen LogP contribution in [0.2, 0.25) is 0 Å². The molecule has 3 aromatic carbocycles. The smallest absolute Gasteiger partial charge is 0.411 e. The number of aromatic hydroxyl groups is 1. The summed E-state index contributed by atoms with van der Waals surface area (Å²) in [7, 11) is 0. The quantitative estimate of drug-likeness (QED) is 0.620. The molecule has 0 unspecified atom stereocenters. The fourth-order valence-electron chi connectivity index (χ4n) is 3.72. The van der Waals surface area contributed by atoms with Crippen LogP contribution in [0.1, 0.15) is 29.5 Å². The molecule has 0 fully saturated rings. The van der Waals surface area contributed by atoms with Gasteiger partial charge in [0.15, 0.2) is 0 Å². The third-order valence-corrected chi connectivity index (χ3v) is 5.08. The van der Waals surface area contributed by atoms with Crippen LogP contribution in [0.15, 0.2) is 66.7 Å². The van der Waals surface area contributed by atoms with Gasteiger partial charge in [-0.05, 0) is 40.3 Å². The lowest BCUT2D eigenvalue weighted by Crippen LogP contribution is -2.18. The lowest BCUT2D eigenvalue weighted by Gasteiger charge is -2.15. The Morgan fingerprint density at radius 3 is 2.22 bits per heavy atom. The molecule has 1 amide bonds. The van der Waals surface area contributed by atoms with Gasteiger partial charge in [-0.3, -0.25) is 5.32 Å². The van der Waals surface area contributed by atoms with Crippen molar-refractivity contribution < 1.29 is 14.6 Å². The molecular weight excluding hydrogens is 338 g/mol. The number of anilines is 1. The number of carbonyl (C=O) groups excluding carboxylic acids is 1. The van der Waals surface area contributed by atoms with Crippen LogP contribution in [-0.4, -0.2) is 17.8 Å². The molecule has 2 N–H and O–H groups in total. The van der Waals surface area contributed by atoms with E-state index in [4.69, 9.17) is 4.74 Å². The molecule has 4 rings (SSSR count). The van der Waals surface area contributed by atoms with Crippen LogP contribution in [0.25, 0.3) is 11.1 Å². The largest absolute Gasteiger partial charge is 0.505 e. The molecule has 0 radical (unpaired) electrons. The van der Waals surface area contributed by atoms with E-state index < -0.39 is 6.09 Å². The Balaban J connectivity index is 1.50. The fourth-order valence-corrected chi connectivity index (χ4v) is 3.72. The van der Waals surface area contributed by atoms with E-state index >= 15 is 0 Å². The zero-order chi connectivity index (χ0) is 18.8. The Morgan fingerprint density at radius 2 is 1.59 bits per heavy atom. The van der Waals surface area contributed by atoms with Gasteiger partial charge in [-0.2, -0.15) is 0 Å². The van der Waals surface area contributed by atoms with Crippen LogP contribution >= 0.6 is 0 Å². The van der Waals surface area contributed by atoms with E-state index in [0.29, 0.717) is 12.1 Å². The minimum Gasteiger partial charge on any atom is -0.505 e. The average molecular weight is 359 g/mol. The SMILES string of the molecule is CCc1cccc(NC(=O)OCC2c3ccccc3-c3ccccc32)c1O. The van der Waals surface area contributed by atoms with Crippen LogP contribution in [0.4, 0.5) is 10.5 Å². The number of rotatable bonds is 4. The van der Waals surface area contributed by atoms with Gasteiger partial charge < -0.3 is 9.84 Å².